The van der Waals surface area contributed by atoms with Gasteiger partial charge in [0.05, 0.1) is 11.1 Å². The third-order valence-corrected chi connectivity index (χ3v) is 6.98. The van der Waals surface area contributed by atoms with Crippen molar-refractivity contribution in [1.29, 1.82) is 0 Å². The lowest BCUT2D eigenvalue weighted by atomic mass is 10.0. The van der Waals surface area contributed by atoms with Crippen molar-refractivity contribution in [2.45, 2.75) is 17.5 Å². The third-order valence-electron chi connectivity index (χ3n) is 4.62. The van der Waals surface area contributed by atoms with Crippen LogP contribution in [0.4, 0.5) is 4.39 Å². The monoisotopic (exact) mass is 390 g/mol. The summed E-state index contributed by atoms with van der Waals surface area (Å²) >= 11 is 6.15. The van der Waals surface area contributed by atoms with E-state index in [4.69, 9.17) is 11.6 Å². The second-order valence-corrected chi connectivity index (χ2v) is 8.36. The topological polar surface area (TPSA) is 42.3 Å². The quantitative estimate of drug-likeness (QED) is 0.676. The molecule has 1 atom stereocenters. The maximum absolute atomic E-state index is 14.6. The number of fused-ring (bicyclic) bond motifs is 1. The van der Waals surface area contributed by atoms with Crippen LogP contribution in [-0.2, 0) is 16.6 Å². The van der Waals surface area contributed by atoms with Crippen LogP contribution in [0.25, 0.3) is 0 Å². The average molecular weight is 391 g/mol. The normalized spacial score (nSPS) is 17.8. The van der Waals surface area contributed by atoms with Crippen LogP contribution in [0.5, 0.6) is 0 Å². The van der Waals surface area contributed by atoms with Crippen LogP contribution >= 0.6 is 11.6 Å². The molecule has 134 valence electrons. The molecule has 0 aliphatic carbocycles. The number of rotatable bonds is 3. The van der Waals surface area contributed by atoms with Crippen molar-refractivity contribution in [3.05, 3.63) is 89.0 Å². The summed E-state index contributed by atoms with van der Waals surface area (Å²) in [6.07, 6.45) is 1.88. The zero-order chi connectivity index (χ0) is 18.3. The lowest BCUT2D eigenvalue weighted by Gasteiger charge is -2.36. The van der Waals surface area contributed by atoms with E-state index in [-0.39, 0.29) is 16.5 Å². The fourth-order valence-electron chi connectivity index (χ4n) is 3.41. The molecule has 1 aliphatic heterocycles. The van der Waals surface area contributed by atoms with Crippen molar-refractivity contribution in [3.8, 4) is 0 Å². The Hall–Kier alpha value is -2.15. The van der Waals surface area contributed by atoms with E-state index in [9.17, 15) is 12.8 Å². The summed E-state index contributed by atoms with van der Waals surface area (Å²) < 4.78 is 44.5. The lowest BCUT2D eigenvalue weighted by Crippen LogP contribution is -2.42. The van der Waals surface area contributed by atoms with E-state index in [0.29, 0.717) is 12.1 Å². The first-order chi connectivity index (χ1) is 12.5. The molecule has 2 heterocycles. The molecule has 7 heteroatoms. The Morgan fingerprint density at radius 2 is 1.69 bits per heavy atom. The van der Waals surface area contributed by atoms with Crippen LogP contribution in [-0.4, -0.2) is 23.8 Å². The Balaban J connectivity index is 1.90. The van der Waals surface area contributed by atoms with E-state index in [1.807, 2.05) is 22.9 Å². The summed E-state index contributed by atoms with van der Waals surface area (Å²) in [6.45, 7) is 0.727. The zero-order valence-corrected chi connectivity index (χ0v) is 15.3. The molecule has 0 fully saturated rings. The van der Waals surface area contributed by atoms with Gasteiger partial charge in [-0.25, -0.2) is 12.8 Å². The van der Waals surface area contributed by atoms with Crippen molar-refractivity contribution in [1.82, 2.24) is 8.87 Å². The molecule has 0 amide bonds. The average Bonchev–Trinajstić information content (AvgIpc) is 3.10. The summed E-state index contributed by atoms with van der Waals surface area (Å²) in [4.78, 5) is 0.0306. The molecule has 0 saturated carbocycles. The molecular formula is C19H16ClFN2O2S. The molecule has 0 N–H and O–H groups in total. The summed E-state index contributed by atoms with van der Waals surface area (Å²) in [6, 6.07) is 15.5. The van der Waals surface area contributed by atoms with Crippen LogP contribution in [0.2, 0.25) is 5.02 Å². The van der Waals surface area contributed by atoms with E-state index < -0.39 is 21.9 Å². The third kappa shape index (κ3) is 2.74. The highest BCUT2D eigenvalue weighted by Gasteiger charge is 2.39. The summed E-state index contributed by atoms with van der Waals surface area (Å²) in [5.74, 6) is -0.438. The highest BCUT2D eigenvalue weighted by Crippen LogP contribution is 2.38. The second kappa shape index (κ2) is 6.54. The number of nitrogens with zero attached hydrogens (tertiary/aromatic N) is 2. The summed E-state index contributed by atoms with van der Waals surface area (Å²) in [5, 5.41) is 0.153. The van der Waals surface area contributed by atoms with E-state index in [1.165, 1.54) is 16.4 Å². The van der Waals surface area contributed by atoms with Crippen LogP contribution in [0, 0.1) is 5.82 Å². The fourth-order valence-corrected chi connectivity index (χ4v) is 5.48. The van der Waals surface area contributed by atoms with Gasteiger partial charge in [0.25, 0.3) is 0 Å². The molecule has 0 spiro atoms. The zero-order valence-electron chi connectivity index (χ0n) is 13.7. The Kier molecular flexibility index (Phi) is 4.34. The minimum absolute atomic E-state index is 0.0306. The Morgan fingerprint density at radius 1 is 0.962 bits per heavy atom. The van der Waals surface area contributed by atoms with Gasteiger partial charge < -0.3 is 4.57 Å². The predicted molar refractivity (Wildman–Crippen MR) is 98.0 cm³/mol. The van der Waals surface area contributed by atoms with Gasteiger partial charge >= 0.3 is 0 Å². The van der Waals surface area contributed by atoms with Gasteiger partial charge in [0.15, 0.2) is 0 Å². The van der Waals surface area contributed by atoms with Crippen molar-refractivity contribution in [3.63, 3.8) is 0 Å². The first-order valence-corrected chi connectivity index (χ1v) is 9.98. The number of halogens is 2. The van der Waals surface area contributed by atoms with Gasteiger partial charge in [-0.3, -0.25) is 0 Å². The highest BCUT2D eigenvalue weighted by molar-refractivity contribution is 7.89. The number of hydrogen-bond donors (Lipinski definition) is 0. The molecule has 2 aromatic carbocycles. The molecule has 1 aliphatic rings. The number of sulfonamides is 1. The van der Waals surface area contributed by atoms with Crippen molar-refractivity contribution >= 4 is 21.6 Å². The maximum Gasteiger partial charge on any atom is 0.245 e. The maximum atomic E-state index is 14.6. The van der Waals surface area contributed by atoms with E-state index in [0.717, 1.165) is 5.69 Å². The predicted octanol–water partition coefficient (Wildman–Crippen LogP) is 4.07. The first-order valence-electron chi connectivity index (χ1n) is 8.16. The molecule has 3 aromatic rings. The largest absolute Gasteiger partial charge is 0.348 e. The van der Waals surface area contributed by atoms with Gasteiger partial charge in [-0.15, -0.1) is 0 Å². The SMILES string of the molecule is O=S(=O)(c1ccccc1Cl)N1CCn2cccc2[C@H]1c1ccccc1F. The van der Waals surface area contributed by atoms with Crippen LogP contribution in [0.3, 0.4) is 0 Å². The van der Waals surface area contributed by atoms with Crippen LogP contribution in [0.1, 0.15) is 17.3 Å². The van der Waals surface area contributed by atoms with Gasteiger partial charge in [-0.05, 0) is 30.3 Å². The summed E-state index contributed by atoms with van der Waals surface area (Å²) in [7, 11) is -3.91. The summed E-state index contributed by atoms with van der Waals surface area (Å²) in [5.41, 5.74) is 1.06. The molecule has 4 rings (SSSR count). The van der Waals surface area contributed by atoms with Crippen LogP contribution in [0.15, 0.2) is 71.8 Å². The lowest BCUT2D eigenvalue weighted by molar-refractivity contribution is 0.293. The van der Waals surface area contributed by atoms with Gasteiger partial charge in [0, 0.05) is 30.5 Å². The minimum atomic E-state index is -3.91. The van der Waals surface area contributed by atoms with Gasteiger partial charge in [0.2, 0.25) is 10.0 Å². The first kappa shape index (κ1) is 17.3. The van der Waals surface area contributed by atoms with Gasteiger partial charge in [0.1, 0.15) is 10.7 Å². The second-order valence-electron chi connectivity index (χ2n) is 6.10. The molecule has 0 bridgehead atoms. The van der Waals surface area contributed by atoms with E-state index >= 15 is 0 Å². The molecule has 1 aromatic heterocycles. The Labute approximate surface area is 156 Å². The standard InChI is InChI=1S/C19H16ClFN2O2S/c20-15-7-2-4-10-18(15)26(24,25)23-13-12-22-11-5-9-17(22)19(23)14-6-1-3-8-16(14)21/h1-11,19H,12-13H2/t19-/m1/s1. The molecule has 26 heavy (non-hydrogen) atoms. The van der Waals surface area contributed by atoms with E-state index in [2.05, 4.69) is 0 Å². The minimum Gasteiger partial charge on any atom is -0.348 e. The van der Waals surface area contributed by atoms with Gasteiger partial charge in [-0.1, -0.05) is 41.9 Å². The number of benzene rings is 2. The molecule has 0 saturated heterocycles. The van der Waals surface area contributed by atoms with Crippen molar-refractivity contribution in [2.24, 2.45) is 0 Å². The highest BCUT2D eigenvalue weighted by atomic mass is 35.5. The molecule has 4 nitrogen and oxygen atoms in total. The number of hydrogen-bond acceptors (Lipinski definition) is 2. The Bertz CT molecular complexity index is 1060. The van der Waals surface area contributed by atoms with Crippen molar-refractivity contribution in [2.75, 3.05) is 6.54 Å². The molecular weight excluding hydrogens is 375 g/mol. The van der Waals surface area contributed by atoms with Crippen molar-refractivity contribution < 1.29 is 12.8 Å². The molecule has 0 radical (unpaired) electrons. The van der Waals surface area contributed by atoms with Crippen LogP contribution < -0.4 is 0 Å². The Morgan fingerprint density at radius 3 is 2.46 bits per heavy atom. The smallest absolute Gasteiger partial charge is 0.245 e. The van der Waals surface area contributed by atoms with Gasteiger partial charge in [-0.2, -0.15) is 4.31 Å². The fraction of sp³-hybridized carbons (Fsp3) is 0.158. The number of aromatic nitrogens is 1. The molecule has 0 unspecified atom stereocenters. The van der Waals surface area contributed by atoms with E-state index in [1.54, 1.807) is 36.4 Å².